The predicted octanol–water partition coefficient (Wildman–Crippen LogP) is 1.41. The summed E-state index contributed by atoms with van der Waals surface area (Å²) < 4.78 is 22.9. The molecule has 0 bridgehead atoms. The first-order valence-corrected chi connectivity index (χ1v) is 8.96. The molecule has 2 aliphatic rings. The van der Waals surface area contributed by atoms with Crippen molar-refractivity contribution in [1.29, 1.82) is 0 Å². The lowest BCUT2D eigenvalue weighted by molar-refractivity contribution is -0.123. The fourth-order valence-electron chi connectivity index (χ4n) is 3.24. The van der Waals surface area contributed by atoms with E-state index in [0.29, 0.717) is 6.42 Å². The van der Waals surface area contributed by atoms with Gasteiger partial charge in [0.1, 0.15) is 0 Å². The van der Waals surface area contributed by atoms with Gasteiger partial charge in [0.15, 0.2) is 9.84 Å². The summed E-state index contributed by atoms with van der Waals surface area (Å²) in [5.74, 6) is 0.147. The van der Waals surface area contributed by atoms with Crippen molar-refractivity contribution in [3.63, 3.8) is 0 Å². The molecule has 1 heterocycles. The van der Waals surface area contributed by atoms with Crippen molar-refractivity contribution in [2.75, 3.05) is 11.5 Å². The number of hydrogen-bond acceptors (Lipinski definition) is 3. The molecular formula is C15H19NO3S. The second-order valence-corrected chi connectivity index (χ2v) is 7.98. The van der Waals surface area contributed by atoms with Gasteiger partial charge >= 0.3 is 0 Å². The maximum absolute atomic E-state index is 12.4. The monoisotopic (exact) mass is 293 g/mol. The summed E-state index contributed by atoms with van der Waals surface area (Å²) in [4.78, 5) is 12.4. The number of benzene rings is 1. The Morgan fingerprint density at radius 3 is 2.75 bits per heavy atom. The van der Waals surface area contributed by atoms with Crippen LogP contribution in [0.2, 0.25) is 0 Å². The number of sulfone groups is 1. The van der Waals surface area contributed by atoms with E-state index in [1.807, 2.05) is 18.2 Å². The molecule has 1 aromatic rings. The Labute approximate surface area is 119 Å². The zero-order chi connectivity index (χ0) is 14.2. The van der Waals surface area contributed by atoms with E-state index in [2.05, 4.69) is 11.4 Å². The van der Waals surface area contributed by atoms with Crippen LogP contribution in [0.1, 0.15) is 36.3 Å². The van der Waals surface area contributed by atoms with Gasteiger partial charge in [-0.05, 0) is 36.8 Å². The molecule has 20 heavy (non-hydrogen) atoms. The Morgan fingerprint density at radius 2 is 2.00 bits per heavy atom. The minimum absolute atomic E-state index is 0.0146. The number of nitrogens with one attached hydrogen (secondary N) is 1. The standard InChI is InChI=1S/C15H19NO3S/c17-15(16-12-8-9-20(18,19)10-12)14-7-3-5-11-4-1-2-6-13(11)14/h1-2,4,6,12,14H,3,5,7-10H2,(H,16,17)/t12-,14+/m0/s1. The number of carbonyl (C=O) groups is 1. The average molecular weight is 293 g/mol. The van der Waals surface area contributed by atoms with Crippen LogP contribution >= 0.6 is 0 Å². The topological polar surface area (TPSA) is 63.2 Å². The van der Waals surface area contributed by atoms with Gasteiger partial charge in [0.2, 0.25) is 5.91 Å². The second-order valence-electron chi connectivity index (χ2n) is 5.75. The summed E-state index contributed by atoms with van der Waals surface area (Å²) in [5, 5.41) is 2.93. The van der Waals surface area contributed by atoms with E-state index < -0.39 is 9.84 Å². The summed E-state index contributed by atoms with van der Waals surface area (Å²) in [6, 6.07) is 7.85. The van der Waals surface area contributed by atoms with Crippen molar-refractivity contribution in [2.45, 2.75) is 37.6 Å². The zero-order valence-corrected chi connectivity index (χ0v) is 12.2. The molecule has 1 aromatic carbocycles. The largest absolute Gasteiger partial charge is 0.352 e. The van der Waals surface area contributed by atoms with E-state index in [9.17, 15) is 13.2 Å². The predicted molar refractivity (Wildman–Crippen MR) is 77.3 cm³/mol. The first kappa shape index (κ1) is 13.6. The van der Waals surface area contributed by atoms with Gasteiger partial charge in [-0.1, -0.05) is 24.3 Å². The Kier molecular flexibility index (Phi) is 3.54. The van der Waals surface area contributed by atoms with Gasteiger partial charge in [0.25, 0.3) is 0 Å². The van der Waals surface area contributed by atoms with Crippen LogP contribution < -0.4 is 5.32 Å². The lowest BCUT2D eigenvalue weighted by Gasteiger charge is -2.25. The molecule has 0 spiro atoms. The van der Waals surface area contributed by atoms with Crippen LogP contribution in [0.4, 0.5) is 0 Å². The number of carbonyl (C=O) groups excluding carboxylic acids is 1. The lowest BCUT2D eigenvalue weighted by atomic mass is 9.82. The van der Waals surface area contributed by atoms with Crippen molar-refractivity contribution in [2.24, 2.45) is 0 Å². The third-order valence-electron chi connectivity index (χ3n) is 4.26. The maximum atomic E-state index is 12.4. The highest BCUT2D eigenvalue weighted by molar-refractivity contribution is 7.91. The van der Waals surface area contributed by atoms with E-state index >= 15 is 0 Å². The summed E-state index contributed by atoms with van der Waals surface area (Å²) in [6.07, 6.45) is 3.43. The Bertz CT molecular complexity index is 624. The summed E-state index contributed by atoms with van der Waals surface area (Å²) >= 11 is 0. The van der Waals surface area contributed by atoms with Gasteiger partial charge < -0.3 is 5.32 Å². The second kappa shape index (κ2) is 5.20. The molecule has 2 atom stereocenters. The van der Waals surface area contributed by atoms with E-state index in [0.717, 1.165) is 24.8 Å². The quantitative estimate of drug-likeness (QED) is 0.896. The molecule has 0 radical (unpaired) electrons. The minimum Gasteiger partial charge on any atom is -0.352 e. The molecule has 108 valence electrons. The molecule has 1 saturated heterocycles. The molecule has 0 aromatic heterocycles. The molecule has 1 fully saturated rings. The molecule has 3 rings (SSSR count). The van der Waals surface area contributed by atoms with Crippen LogP contribution in [0, 0.1) is 0 Å². The van der Waals surface area contributed by atoms with Crippen LogP contribution in [-0.2, 0) is 21.1 Å². The number of aryl methyl sites for hydroxylation is 1. The third-order valence-corrected chi connectivity index (χ3v) is 6.03. The highest BCUT2D eigenvalue weighted by atomic mass is 32.2. The van der Waals surface area contributed by atoms with Crippen molar-refractivity contribution in [3.8, 4) is 0 Å². The van der Waals surface area contributed by atoms with Crippen LogP contribution in [0.15, 0.2) is 24.3 Å². The smallest absolute Gasteiger partial charge is 0.227 e. The Hall–Kier alpha value is -1.36. The fourth-order valence-corrected chi connectivity index (χ4v) is 4.91. The van der Waals surface area contributed by atoms with E-state index in [4.69, 9.17) is 0 Å². The van der Waals surface area contributed by atoms with Crippen molar-refractivity contribution in [1.82, 2.24) is 5.32 Å². The number of hydrogen-bond donors (Lipinski definition) is 1. The fraction of sp³-hybridized carbons (Fsp3) is 0.533. The van der Waals surface area contributed by atoms with Gasteiger partial charge in [-0.2, -0.15) is 0 Å². The molecule has 1 amide bonds. The van der Waals surface area contributed by atoms with Crippen LogP contribution in [-0.4, -0.2) is 31.9 Å². The number of fused-ring (bicyclic) bond motifs is 1. The Balaban J connectivity index is 1.73. The average Bonchev–Trinajstić information content (AvgIpc) is 2.77. The molecule has 5 heteroatoms. The molecule has 1 aliphatic carbocycles. The van der Waals surface area contributed by atoms with Crippen LogP contribution in [0.3, 0.4) is 0 Å². The molecule has 0 saturated carbocycles. The van der Waals surface area contributed by atoms with E-state index in [1.165, 1.54) is 5.56 Å². The molecule has 1 N–H and O–H groups in total. The van der Waals surface area contributed by atoms with Crippen LogP contribution in [0.25, 0.3) is 0 Å². The Morgan fingerprint density at radius 1 is 1.20 bits per heavy atom. The zero-order valence-electron chi connectivity index (χ0n) is 11.3. The number of rotatable bonds is 2. The first-order valence-electron chi connectivity index (χ1n) is 7.14. The normalized spacial score (nSPS) is 27.8. The summed E-state index contributed by atoms with van der Waals surface area (Å²) in [5.41, 5.74) is 2.36. The van der Waals surface area contributed by atoms with Crippen molar-refractivity contribution < 1.29 is 13.2 Å². The molecular weight excluding hydrogens is 274 g/mol. The van der Waals surface area contributed by atoms with Gasteiger partial charge in [-0.3, -0.25) is 4.79 Å². The highest BCUT2D eigenvalue weighted by Gasteiger charge is 2.32. The van der Waals surface area contributed by atoms with Gasteiger partial charge in [-0.25, -0.2) is 8.42 Å². The molecule has 1 aliphatic heterocycles. The molecule has 4 nitrogen and oxygen atoms in total. The minimum atomic E-state index is -2.95. The van der Waals surface area contributed by atoms with E-state index in [1.54, 1.807) is 0 Å². The highest BCUT2D eigenvalue weighted by Crippen LogP contribution is 2.31. The first-order chi connectivity index (χ1) is 9.55. The lowest BCUT2D eigenvalue weighted by Crippen LogP contribution is -2.39. The summed E-state index contributed by atoms with van der Waals surface area (Å²) in [6.45, 7) is 0. The maximum Gasteiger partial charge on any atom is 0.227 e. The molecule has 0 unspecified atom stereocenters. The van der Waals surface area contributed by atoms with Gasteiger partial charge in [-0.15, -0.1) is 0 Å². The number of amides is 1. The summed E-state index contributed by atoms with van der Waals surface area (Å²) in [7, 11) is -2.95. The van der Waals surface area contributed by atoms with Crippen molar-refractivity contribution in [3.05, 3.63) is 35.4 Å². The van der Waals surface area contributed by atoms with Crippen molar-refractivity contribution >= 4 is 15.7 Å². The van der Waals surface area contributed by atoms with Gasteiger partial charge in [0, 0.05) is 6.04 Å². The SMILES string of the molecule is O=C(N[C@H]1CCS(=O)(=O)C1)[C@@H]1CCCc2ccccc21. The van der Waals surface area contributed by atoms with Gasteiger partial charge in [0.05, 0.1) is 17.4 Å². The van der Waals surface area contributed by atoms with Crippen LogP contribution in [0.5, 0.6) is 0 Å². The van der Waals surface area contributed by atoms with E-state index in [-0.39, 0.29) is 29.4 Å². The third kappa shape index (κ3) is 2.73.